The van der Waals surface area contributed by atoms with Gasteiger partial charge < -0.3 is 14.9 Å². The monoisotopic (exact) mass is 298 g/mol. The summed E-state index contributed by atoms with van der Waals surface area (Å²) in [5, 5.41) is 22.7. The van der Waals surface area contributed by atoms with Crippen LogP contribution < -0.4 is 4.74 Å². The maximum atomic E-state index is 11.4. The minimum Gasteiger partial charge on any atom is -0.497 e. The fourth-order valence-electron chi connectivity index (χ4n) is 6.26. The van der Waals surface area contributed by atoms with Crippen LogP contribution in [0.1, 0.15) is 43.2 Å². The van der Waals surface area contributed by atoms with Gasteiger partial charge in [0.15, 0.2) is 0 Å². The lowest BCUT2D eigenvalue weighted by molar-refractivity contribution is -0.298. The van der Waals surface area contributed by atoms with E-state index in [0.29, 0.717) is 6.42 Å². The molecule has 116 valence electrons. The van der Waals surface area contributed by atoms with Gasteiger partial charge in [-0.05, 0) is 54.4 Å². The van der Waals surface area contributed by atoms with E-state index in [9.17, 15) is 10.2 Å². The molecule has 5 rings (SSSR count). The summed E-state index contributed by atoms with van der Waals surface area (Å²) in [4.78, 5) is 0. The van der Waals surface area contributed by atoms with Crippen LogP contribution in [0.2, 0.25) is 0 Å². The molecule has 0 aromatic heterocycles. The van der Waals surface area contributed by atoms with Gasteiger partial charge in [0, 0.05) is 11.3 Å². The second-order valence-electron chi connectivity index (χ2n) is 7.90. The number of rotatable bonds is 1. The van der Waals surface area contributed by atoms with E-state index in [2.05, 4.69) is 31.2 Å². The lowest BCUT2D eigenvalue weighted by atomic mass is 9.37. The molecule has 0 spiro atoms. The zero-order chi connectivity index (χ0) is 15.3. The van der Waals surface area contributed by atoms with Crippen LogP contribution in [-0.4, -0.2) is 28.5 Å². The Labute approximate surface area is 130 Å². The zero-order valence-electron chi connectivity index (χ0n) is 13.0. The Morgan fingerprint density at radius 1 is 1.18 bits per heavy atom. The van der Waals surface area contributed by atoms with Crippen LogP contribution in [0.4, 0.5) is 0 Å². The molecule has 0 heterocycles. The zero-order valence-corrected chi connectivity index (χ0v) is 13.0. The third-order valence-electron chi connectivity index (χ3n) is 7.55. The number of benzene rings is 1. The van der Waals surface area contributed by atoms with Crippen molar-refractivity contribution in [2.24, 2.45) is 17.3 Å². The highest BCUT2D eigenvalue weighted by Gasteiger charge is 2.81. The second-order valence-corrected chi connectivity index (χ2v) is 7.90. The van der Waals surface area contributed by atoms with E-state index in [4.69, 9.17) is 4.74 Å². The van der Waals surface area contributed by atoms with Gasteiger partial charge in [-0.1, -0.05) is 25.1 Å². The number of hydrogen-bond acceptors (Lipinski definition) is 3. The van der Waals surface area contributed by atoms with Gasteiger partial charge in [0.25, 0.3) is 0 Å². The summed E-state index contributed by atoms with van der Waals surface area (Å²) in [5.41, 5.74) is 0.641. The Bertz CT molecular complexity index is 711. The first kappa shape index (κ1) is 13.1. The van der Waals surface area contributed by atoms with Crippen LogP contribution in [0.25, 0.3) is 6.08 Å². The molecule has 1 aromatic carbocycles. The quantitative estimate of drug-likeness (QED) is 0.838. The van der Waals surface area contributed by atoms with Crippen molar-refractivity contribution in [3.63, 3.8) is 0 Å². The maximum absolute atomic E-state index is 11.4. The van der Waals surface area contributed by atoms with Crippen LogP contribution in [0.5, 0.6) is 5.75 Å². The summed E-state index contributed by atoms with van der Waals surface area (Å²) in [5.74, 6) is 1.48. The van der Waals surface area contributed by atoms with E-state index in [1.54, 1.807) is 7.11 Å². The standard InChI is InChI=1S/C19H22O3/c1-17-10-15-16-13-5-4-12(22-2)9-11(13)3-6-14(16)18(17,20)7-8-19(15,17)21/h3-6,9,14-16,20-21H,7-8,10H2,1-2H3/t14-,15-,16-,17+,18+,19?/m0/s1. The Morgan fingerprint density at radius 3 is 2.73 bits per heavy atom. The molecule has 2 N–H and O–H groups in total. The van der Waals surface area contributed by atoms with Gasteiger partial charge in [-0.2, -0.15) is 0 Å². The molecular formula is C19H22O3. The average Bonchev–Trinajstić information content (AvgIpc) is 2.63. The molecule has 22 heavy (non-hydrogen) atoms. The van der Waals surface area contributed by atoms with Crippen LogP contribution in [0.3, 0.4) is 0 Å². The fraction of sp³-hybridized carbons (Fsp3) is 0.579. The first-order valence-corrected chi connectivity index (χ1v) is 8.25. The largest absolute Gasteiger partial charge is 0.497 e. The van der Waals surface area contributed by atoms with Crippen LogP contribution in [0, 0.1) is 17.3 Å². The van der Waals surface area contributed by atoms with Gasteiger partial charge in [0.1, 0.15) is 5.75 Å². The Hall–Kier alpha value is -1.32. The molecule has 3 saturated carbocycles. The Balaban J connectivity index is 1.70. The summed E-state index contributed by atoms with van der Waals surface area (Å²) in [6.45, 7) is 2.09. The molecule has 0 saturated heterocycles. The predicted octanol–water partition coefficient (Wildman–Crippen LogP) is 2.72. The highest BCUT2D eigenvalue weighted by atomic mass is 16.5. The van der Waals surface area contributed by atoms with E-state index in [-0.39, 0.29) is 23.2 Å². The normalized spacial score (nSPS) is 50.1. The van der Waals surface area contributed by atoms with Crippen LogP contribution in [-0.2, 0) is 0 Å². The molecule has 1 unspecified atom stereocenters. The number of aliphatic hydroxyl groups is 2. The predicted molar refractivity (Wildman–Crippen MR) is 83.6 cm³/mol. The third-order valence-corrected chi connectivity index (χ3v) is 7.55. The van der Waals surface area contributed by atoms with E-state index < -0.39 is 11.2 Å². The highest BCUT2D eigenvalue weighted by Crippen LogP contribution is 2.78. The smallest absolute Gasteiger partial charge is 0.119 e. The molecular weight excluding hydrogens is 276 g/mol. The fourth-order valence-corrected chi connectivity index (χ4v) is 6.26. The summed E-state index contributed by atoms with van der Waals surface area (Å²) >= 11 is 0. The van der Waals surface area contributed by atoms with Crippen molar-refractivity contribution in [1.29, 1.82) is 0 Å². The number of fused-ring (bicyclic) bond motifs is 5. The van der Waals surface area contributed by atoms with Crippen LogP contribution >= 0.6 is 0 Å². The van der Waals surface area contributed by atoms with Gasteiger partial charge >= 0.3 is 0 Å². The van der Waals surface area contributed by atoms with Gasteiger partial charge in [-0.3, -0.25) is 0 Å². The Kier molecular flexibility index (Phi) is 2.15. The van der Waals surface area contributed by atoms with E-state index >= 15 is 0 Å². The molecule has 0 aliphatic heterocycles. The molecule has 3 nitrogen and oxygen atoms in total. The number of ether oxygens (including phenoxy) is 1. The molecule has 3 fully saturated rings. The topological polar surface area (TPSA) is 49.7 Å². The molecule has 3 heteroatoms. The number of hydrogen-bond donors (Lipinski definition) is 2. The van der Waals surface area contributed by atoms with Crippen molar-refractivity contribution in [3.05, 3.63) is 35.4 Å². The third kappa shape index (κ3) is 1.11. The van der Waals surface area contributed by atoms with Gasteiger partial charge in [-0.15, -0.1) is 0 Å². The van der Waals surface area contributed by atoms with Gasteiger partial charge in [-0.25, -0.2) is 0 Å². The lowest BCUT2D eigenvalue weighted by Gasteiger charge is -2.70. The highest BCUT2D eigenvalue weighted by molar-refractivity contribution is 5.63. The Morgan fingerprint density at radius 2 is 1.95 bits per heavy atom. The second kappa shape index (κ2) is 3.60. The van der Waals surface area contributed by atoms with Crippen molar-refractivity contribution in [1.82, 2.24) is 0 Å². The summed E-state index contributed by atoms with van der Waals surface area (Å²) in [7, 11) is 1.68. The van der Waals surface area contributed by atoms with Crippen LogP contribution in [0.15, 0.2) is 24.3 Å². The minimum atomic E-state index is -0.769. The van der Waals surface area contributed by atoms with E-state index in [0.717, 1.165) is 18.6 Å². The molecule has 0 amide bonds. The van der Waals surface area contributed by atoms with Crippen molar-refractivity contribution >= 4 is 6.08 Å². The van der Waals surface area contributed by atoms with Crippen molar-refractivity contribution < 1.29 is 14.9 Å². The van der Waals surface area contributed by atoms with Crippen molar-refractivity contribution in [3.8, 4) is 5.75 Å². The van der Waals surface area contributed by atoms with E-state index in [1.165, 1.54) is 11.1 Å². The molecule has 1 aromatic rings. The first-order valence-electron chi connectivity index (χ1n) is 8.25. The van der Waals surface area contributed by atoms with E-state index in [1.807, 2.05) is 6.07 Å². The summed E-state index contributed by atoms with van der Waals surface area (Å²) in [6, 6.07) is 6.19. The van der Waals surface area contributed by atoms with Crippen molar-refractivity contribution in [2.45, 2.75) is 43.3 Å². The van der Waals surface area contributed by atoms with Gasteiger partial charge in [0.2, 0.25) is 0 Å². The molecule has 4 aliphatic rings. The molecule has 6 atom stereocenters. The SMILES string of the molecule is COc1ccc2c(c1)C=C[C@H]1[C@H]2[C@@H]2C[C@@]3(C)C2(O)CC[C@@]13O. The summed E-state index contributed by atoms with van der Waals surface area (Å²) in [6.07, 6.45) is 6.69. The number of methoxy groups -OCH3 is 1. The maximum Gasteiger partial charge on any atom is 0.119 e. The summed E-state index contributed by atoms with van der Waals surface area (Å²) < 4.78 is 5.33. The average molecular weight is 298 g/mol. The van der Waals surface area contributed by atoms with Crippen molar-refractivity contribution in [2.75, 3.05) is 7.11 Å². The lowest BCUT2D eigenvalue weighted by Crippen LogP contribution is -2.75. The molecule has 4 bridgehead atoms. The molecule has 4 aliphatic carbocycles. The van der Waals surface area contributed by atoms with Gasteiger partial charge in [0.05, 0.1) is 18.3 Å². The first-order chi connectivity index (χ1) is 10.4. The minimum absolute atomic E-state index is 0.125. The molecule has 0 radical (unpaired) electrons.